The number of rotatable bonds is 5. The SMILES string of the molecule is CCOC(=O)C1(NC(=O)C2CCCN(c3ccccn3)C2)CCCC1. The van der Waals surface area contributed by atoms with Crippen LogP contribution in [0.25, 0.3) is 0 Å². The van der Waals surface area contributed by atoms with E-state index in [1.807, 2.05) is 18.2 Å². The normalized spacial score (nSPS) is 22.4. The van der Waals surface area contributed by atoms with Crippen molar-refractivity contribution in [3.63, 3.8) is 0 Å². The third kappa shape index (κ3) is 3.94. The van der Waals surface area contributed by atoms with Gasteiger partial charge in [-0.25, -0.2) is 9.78 Å². The summed E-state index contributed by atoms with van der Waals surface area (Å²) in [6, 6.07) is 5.82. The van der Waals surface area contributed by atoms with E-state index in [-0.39, 0.29) is 17.8 Å². The summed E-state index contributed by atoms with van der Waals surface area (Å²) in [7, 11) is 0. The number of pyridine rings is 1. The van der Waals surface area contributed by atoms with Crippen molar-refractivity contribution < 1.29 is 14.3 Å². The van der Waals surface area contributed by atoms with E-state index in [9.17, 15) is 9.59 Å². The third-order valence-corrected chi connectivity index (χ3v) is 5.25. The second kappa shape index (κ2) is 7.85. The summed E-state index contributed by atoms with van der Waals surface area (Å²) in [4.78, 5) is 31.8. The van der Waals surface area contributed by atoms with E-state index >= 15 is 0 Å². The van der Waals surface area contributed by atoms with Gasteiger partial charge in [-0.1, -0.05) is 18.9 Å². The van der Waals surface area contributed by atoms with Crippen LogP contribution in [-0.2, 0) is 14.3 Å². The summed E-state index contributed by atoms with van der Waals surface area (Å²) in [5.41, 5.74) is -0.819. The molecule has 2 fully saturated rings. The van der Waals surface area contributed by atoms with E-state index in [1.54, 1.807) is 13.1 Å². The Morgan fingerprint density at radius 1 is 1.32 bits per heavy atom. The molecule has 1 unspecified atom stereocenters. The van der Waals surface area contributed by atoms with Crippen LogP contribution in [0.4, 0.5) is 5.82 Å². The average molecular weight is 345 g/mol. The first-order valence-electron chi connectivity index (χ1n) is 9.30. The summed E-state index contributed by atoms with van der Waals surface area (Å²) in [6.45, 7) is 3.69. The second-order valence-corrected chi connectivity index (χ2v) is 6.97. The molecular formula is C19H27N3O3. The number of carbonyl (C=O) groups is 2. The monoisotopic (exact) mass is 345 g/mol. The lowest BCUT2D eigenvalue weighted by Gasteiger charge is -2.35. The standard InChI is InChI=1S/C19H27N3O3/c1-2-25-18(24)19(10-4-5-11-19)21-17(23)15-8-7-13-22(14-15)16-9-3-6-12-20-16/h3,6,9,12,15H,2,4-5,7-8,10-11,13-14H2,1H3,(H,21,23). The van der Waals surface area contributed by atoms with Gasteiger partial charge >= 0.3 is 5.97 Å². The van der Waals surface area contributed by atoms with Crippen LogP contribution >= 0.6 is 0 Å². The fraction of sp³-hybridized carbons (Fsp3) is 0.632. The van der Waals surface area contributed by atoms with Crippen molar-refractivity contribution in [2.24, 2.45) is 5.92 Å². The van der Waals surface area contributed by atoms with Crippen molar-refractivity contribution in [3.05, 3.63) is 24.4 Å². The molecule has 1 aliphatic heterocycles. The number of hydrogen-bond donors (Lipinski definition) is 1. The molecule has 3 rings (SSSR count). The number of amides is 1. The quantitative estimate of drug-likeness (QED) is 0.829. The second-order valence-electron chi connectivity index (χ2n) is 6.97. The topological polar surface area (TPSA) is 71.5 Å². The van der Waals surface area contributed by atoms with Gasteiger partial charge < -0.3 is 15.0 Å². The largest absolute Gasteiger partial charge is 0.464 e. The van der Waals surface area contributed by atoms with E-state index in [2.05, 4.69) is 15.2 Å². The molecule has 6 nitrogen and oxygen atoms in total. The van der Waals surface area contributed by atoms with Gasteiger partial charge in [0.25, 0.3) is 0 Å². The van der Waals surface area contributed by atoms with E-state index in [4.69, 9.17) is 4.74 Å². The number of carbonyl (C=O) groups excluding carboxylic acids is 2. The summed E-state index contributed by atoms with van der Waals surface area (Å²) >= 11 is 0. The molecule has 136 valence electrons. The highest BCUT2D eigenvalue weighted by Crippen LogP contribution is 2.32. The molecule has 2 aliphatic rings. The van der Waals surface area contributed by atoms with Crippen LogP contribution in [0.1, 0.15) is 45.4 Å². The Morgan fingerprint density at radius 2 is 2.12 bits per heavy atom. The highest BCUT2D eigenvalue weighted by atomic mass is 16.5. The number of piperidine rings is 1. The summed E-state index contributed by atoms with van der Waals surface area (Å²) in [6.07, 6.45) is 6.80. The van der Waals surface area contributed by atoms with Crippen LogP contribution in [0, 0.1) is 5.92 Å². The molecule has 6 heteroatoms. The molecule has 1 aromatic heterocycles. The van der Waals surface area contributed by atoms with Crippen molar-refractivity contribution in [1.82, 2.24) is 10.3 Å². The number of hydrogen-bond acceptors (Lipinski definition) is 5. The maximum atomic E-state index is 12.9. The van der Waals surface area contributed by atoms with Gasteiger partial charge in [-0.15, -0.1) is 0 Å². The Labute approximate surface area is 148 Å². The first-order valence-corrected chi connectivity index (χ1v) is 9.30. The Hall–Kier alpha value is -2.11. The van der Waals surface area contributed by atoms with E-state index in [0.717, 1.165) is 38.0 Å². The van der Waals surface area contributed by atoms with Gasteiger partial charge in [0.2, 0.25) is 5.91 Å². The number of nitrogens with zero attached hydrogens (tertiary/aromatic N) is 2. The zero-order valence-electron chi connectivity index (χ0n) is 14.9. The molecule has 25 heavy (non-hydrogen) atoms. The Morgan fingerprint density at radius 3 is 2.80 bits per heavy atom. The maximum Gasteiger partial charge on any atom is 0.331 e. The van der Waals surface area contributed by atoms with Crippen LogP contribution in [-0.4, -0.2) is 42.1 Å². The molecule has 1 saturated heterocycles. The predicted molar refractivity (Wildman–Crippen MR) is 95.1 cm³/mol. The summed E-state index contributed by atoms with van der Waals surface area (Å²) in [5.74, 6) is 0.470. The highest BCUT2D eigenvalue weighted by molar-refractivity contribution is 5.89. The molecule has 1 saturated carbocycles. The zero-order valence-corrected chi connectivity index (χ0v) is 14.9. The minimum Gasteiger partial charge on any atom is -0.464 e. The van der Waals surface area contributed by atoms with Gasteiger partial charge in [-0.05, 0) is 44.7 Å². The number of esters is 1. The van der Waals surface area contributed by atoms with Gasteiger partial charge in [-0.3, -0.25) is 4.79 Å². The van der Waals surface area contributed by atoms with E-state index in [0.29, 0.717) is 26.0 Å². The van der Waals surface area contributed by atoms with E-state index in [1.165, 1.54) is 0 Å². The minimum atomic E-state index is -0.819. The fourth-order valence-corrected chi connectivity index (χ4v) is 3.91. The molecule has 1 aromatic rings. The number of nitrogens with one attached hydrogen (secondary N) is 1. The third-order valence-electron chi connectivity index (χ3n) is 5.25. The molecule has 0 bridgehead atoms. The van der Waals surface area contributed by atoms with Gasteiger partial charge in [0.05, 0.1) is 12.5 Å². The zero-order chi connectivity index (χ0) is 17.7. The Kier molecular flexibility index (Phi) is 5.56. The van der Waals surface area contributed by atoms with Crippen molar-refractivity contribution >= 4 is 17.7 Å². The van der Waals surface area contributed by atoms with Crippen LogP contribution in [0.5, 0.6) is 0 Å². The van der Waals surface area contributed by atoms with Gasteiger partial charge in [0, 0.05) is 19.3 Å². The molecule has 0 radical (unpaired) electrons. The minimum absolute atomic E-state index is 0.0319. The maximum absolute atomic E-state index is 12.9. The predicted octanol–water partition coefficient (Wildman–Crippen LogP) is 2.29. The number of ether oxygens (including phenoxy) is 1. The Balaban J connectivity index is 1.66. The lowest BCUT2D eigenvalue weighted by Crippen LogP contribution is -2.56. The fourth-order valence-electron chi connectivity index (χ4n) is 3.91. The first-order chi connectivity index (χ1) is 12.1. The van der Waals surface area contributed by atoms with Crippen molar-refractivity contribution in [1.29, 1.82) is 0 Å². The van der Waals surface area contributed by atoms with Crippen LogP contribution in [0.15, 0.2) is 24.4 Å². The molecule has 0 spiro atoms. The van der Waals surface area contributed by atoms with Gasteiger partial charge in [0.1, 0.15) is 11.4 Å². The molecule has 0 aromatic carbocycles. The highest BCUT2D eigenvalue weighted by Gasteiger charge is 2.45. The van der Waals surface area contributed by atoms with Crippen LogP contribution in [0.3, 0.4) is 0 Å². The van der Waals surface area contributed by atoms with Gasteiger partial charge in [0.15, 0.2) is 0 Å². The molecule has 1 aliphatic carbocycles. The van der Waals surface area contributed by atoms with Crippen LogP contribution in [0.2, 0.25) is 0 Å². The number of anilines is 1. The van der Waals surface area contributed by atoms with Crippen molar-refractivity contribution in [3.8, 4) is 0 Å². The molecule has 1 amide bonds. The van der Waals surface area contributed by atoms with Crippen molar-refractivity contribution in [2.75, 3.05) is 24.6 Å². The van der Waals surface area contributed by atoms with Crippen LogP contribution < -0.4 is 10.2 Å². The Bertz CT molecular complexity index is 599. The lowest BCUT2D eigenvalue weighted by molar-refractivity contribution is -0.153. The van der Waals surface area contributed by atoms with Gasteiger partial charge in [-0.2, -0.15) is 0 Å². The molecule has 1 atom stereocenters. The van der Waals surface area contributed by atoms with Crippen molar-refractivity contribution in [2.45, 2.75) is 51.0 Å². The molecule has 1 N–H and O–H groups in total. The average Bonchev–Trinajstić information content (AvgIpc) is 3.12. The summed E-state index contributed by atoms with van der Waals surface area (Å²) < 4.78 is 5.23. The molecular weight excluding hydrogens is 318 g/mol. The summed E-state index contributed by atoms with van der Waals surface area (Å²) in [5, 5.41) is 3.06. The molecule has 2 heterocycles. The lowest BCUT2D eigenvalue weighted by atomic mass is 9.92. The first kappa shape index (κ1) is 17.7. The van der Waals surface area contributed by atoms with E-state index < -0.39 is 5.54 Å². The smallest absolute Gasteiger partial charge is 0.331 e. The number of aromatic nitrogens is 1.